The van der Waals surface area contributed by atoms with E-state index in [1.54, 1.807) is 19.5 Å². The van der Waals surface area contributed by atoms with E-state index in [0.29, 0.717) is 5.69 Å². The molecule has 0 spiro atoms. The molecule has 0 atom stereocenters. The van der Waals surface area contributed by atoms with Gasteiger partial charge in [0.15, 0.2) is 5.82 Å². The SMILES string of the molecule is COc1ccc(N)cc1-c1nncn1C. The van der Waals surface area contributed by atoms with Crippen LogP contribution in [0.25, 0.3) is 11.4 Å². The molecule has 2 rings (SSSR count). The molecular formula is C10H12N4O. The Bertz CT molecular complexity index is 478. The molecular weight excluding hydrogens is 192 g/mol. The van der Waals surface area contributed by atoms with Gasteiger partial charge in [0.1, 0.15) is 12.1 Å². The lowest BCUT2D eigenvalue weighted by atomic mass is 10.1. The summed E-state index contributed by atoms with van der Waals surface area (Å²) in [5, 5.41) is 7.83. The van der Waals surface area contributed by atoms with Crippen molar-refractivity contribution < 1.29 is 4.74 Å². The highest BCUT2D eigenvalue weighted by molar-refractivity contribution is 5.68. The Hall–Kier alpha value is -2.04. The van der Waals surface area contributed by atoms with Gasteiger partial charge in [-0.3, -0.25) is 0 Å². The standard InChI is InChI=1S/C10H12N4O/c1-14-6-12-13-10(14)8-5-7(11)3-4-9(8)15-2/h3-6H,11H2,1-2H3. The van der Waals surface area contributed by atoms with Gasteiger partial charge in [0, 0.05) is 12.7 Å². The summed E-state index contributed by atoms with van der Waals surface area (Å²) in [6.45, 7) is 0. The molecule has 0 saturated heterocycles. The Labute approximate surface area is 87.5 Å². The van der Waals surface area contributed by atoms with Crippen LogP contribution in [-0.2, 0) is 7.05 Å². The molecule has 15 heavy (non-hydrogen) atoms. The van der Waals surface area contributed by atoms with E-state index in [9.17, 15) is 0 Å². The normalized spacial score (nSPS) is 10.3. The first-order valence-electron chi connectivity index (χ1n) is 4.50. The van der Waals surface area contributed by atoms with Crippen molar-refractivity contribution in [3.05, 3.63) is 24.5 Å². The van der Waals surface area contributed by atoms with E-state index in [1.807, 2.05) is 23.7 Å². The van der Waals surface area contributed by atoms with Crippen molar-refractivity contribution >= 4 is 5.69 Å². The molecule has 0 aliphatic carbocycles. The van der Waals surface area contributed by atoms with Gasteiger partial charge in [0.2, 0.25) is 0 Å². The molecule has 1 heterocycles. The Balaban J connectivity index is 2.60. The number of aryl methyl sites for hydroxylation is 1. The zero-order chi connectivity index (χ0) is 10.8. The summed E-state index contributed by atoms with van der Waals surface area (Å²) in [6, 6.07) is 5.43. The van der Waals surface area contributed by atoms with Crippen LogP contribution in [-0.4, -0.2) is 21.9 Å². The summed E-state index contributed by atoms with van der Waals surface area (Å²) in [6.07, 6.45) is 1.64. The van der Waals surface area contributed by atoms with Crippen molar-refractivity contribution in [2.24, 2.45) is 7.05 Å². The van der Waals surface area contributed by atoms with Gasteiger partial charge in [-0.2, -0.15) is 0 Å². The van der Waals surface area contributed by atoms with Crippen LogP contribution in [0.5, 0.6) is 5.75 Å². The fraction of sp³-hybridized carbons (Fsp3) is 0.200. The predicted molar refractivity (Wildman–Crippen MR) is 57.4 cm³/mol. The van der Waals surface area contributed by atoms with Crippen molar-refractivity contribution in [1.29, 1.82) is 0 Å². The van der Waals surface area contributed by atoms with E-state index < -0.39 is 0 Å². The first-order chi connectivity index (χ1) is 7.22. The first-order valence-corrected chi connectivity index (χ1v) is 4.50. The van der Waals surface area contributed by atoms with Crippen molar-refractivity contribution in [2.45, 2.75) is 0 Å². The molecule has 0 unspecified atom stereocenters. The van der Waals surface area contributed by atoms with Crippen LogP contribution in [0.15, 0.2) is 24.5 Å². The molecule has 5 nitrogen and oxygen atoms in total. The van der Waals surface area contributed by atoms with Crippen LogP contribution in [0, 0.1) is 0 Å². The summed E-state index contributed by atoms with van der Waals surface area (Å²) < 4.78 is 7.06. The number of rotatable bonds is 2. The van der Waals surface area contributed by atoms with Crippen LogP contribution < -0.4 is 10.5 Å². The maximum atomic E-state index is 5.73. The minimum atomic E-state index is 0.675. The van der Waals surface area contributed by atoms with Gasteiger partial charge in [0.05, 0.1) is 12.7 Å². The summed E-state index contributed by atoms with van der Waals surface area (Å²) in [5.41, 5.74) is 7.25. The van der Waals surface area contributed by atoms with Crippen molar-refractivity contribution in [3.8, 4) is 17.1 Å². The average Bonchev–Trinajstić information content (AvgIpc) is 2.64. The van der Waals surface area contributed by atoms with Crippen LogP contribution >= 0.6 is 0 Å². The Morgan fingerprint density at radius 3 is 2.80 bits per heavy atom. The molecule has 78 valence electrons. The number of methoxy groups -OCH3 is 1. The van der Waals surface area contributed by atoms with Crippen LogP contribution in [0.3, 0.4) is 0 Å². The molecule has 0 radical (unpaired) electrons. The number of nitrogen functional groups attached to an aromatic ring is 1. The Kier molecular flexibility index (Phi) is 2.29. The quantitative estimate of drug-likeness (QED) is 0.743. The van der Waals surface area contributed by atoms with Crippen molar-refractivity contribution in [3.63, 3.8) is 0 Å². The van der Waals surface area contributed by atoms with E-state index in [1.165, 1.54) is 0 Å². The predicted octanol–water partition coefficient (Wildman–Crippen LogP) is 1.07. The van der Waals surface area contributed by atoms with Gasteiger partial charge in [0.25, 0.3) is 0 Å². The maximum Gasteiger partial charge on any atom is 0.167 e. The molecule has 0 saturated carbocycles. The second-order valence-electron chi connectivity index (χ2n) is 3.23. The summed E-state index contributed by atoms with van der Waals surface area (Å²) in [5.74, 6) is 1.47. The second kappa shape index (κ2) is 3.61. The lowest BCUT2D eigenvalue weighted by Gasteiger charge is -2.08. The highest BCUT2D eigenvalue weighted by Crippen LogP contribution is 2.29. The highest BCUT2D eigenvalue weighted by atomic mass is 16.5. The fourth-order valence-corrected chi connectivity index (χ4v) is 1.43. The minimum Gasteiger partial charge on any atom is -0.496 e. The zero-order valence-electron chi connectivity index (χ0n) is 8.64. The number of nitrogens with zero attached hydrogens (tertiary/aromatic N) is 3. The smallest absolute Gasteiger partial charge is 0.167 e. The van der Waals surface area contributed by atoms with E-state index in [0.717, 1.165) is 17.1 Å². The first kappa shape index (κ1) is 9.51. The lowest BCUT2D eigenvalue weighted by Crippen LogP contribution is -1.96. The van der Waals surface area contributed by atoms with Crippen LogP contribution in [0.2, 0.25) is 0 Å². The Morgan fingerprint density at radius 2 is 2.20 bits per heavy atom. The number of benzene rings is 1. The largest absolute Gasteiger partial charge is 0.496 e. The summed E-state index contributed by atoms with van der Waals surface area (Å²) in [7, 11) is 3.49. The van der Waals surface area contributed by atoms with Gasteiger partial charge in [-0.1, -0.05) is 0 Å². The average molecular weight is 204 g/mol. The molecule has 1 aromatic heterocycles. The second-order valence-corrected chi connectivity index (χ2v) is 3.23. The maximum absolute atomic E-state index is 5.73. The zero-order valence-corrected chi connectivity index (χ0v) is 8.64. The van der Waals surface area contributed by atoms with Gasteiger partial charge in [-0.15, -0.1) is 10.2 Å². The molecule has 0 amide bonds. The molecule has 0 fully saturated rings. The molecule has 2 N–H and O–H groups in total. The molecule has 0 aliphatic heterocycles. The van der Waals surface area contributed by atoms with Crippen LogP contribution in [0.4, 0.5) is 5.69 Å². The van der Waals surface area contributed by atoms with Gasteiger partial charge < -0.3 is 15.0 Å². The van der Waals surface area contributed by atoms with Crippen molar-refractivity contribution in [2.75, 3.05) is 12.8 Å². The Morgan fingerprint density at radius 1 is 1.40 bits per heavy atom. The summed E-state index contributed by atoms with van der Waals surface area (Å²) in [4.78, 5) is 0. The van der Waals surface area contributed by atoms with Gasteiger partial charge >= 0.3 is 0 Å². The molecule has 1 aromatic carbocycles. The lowest BCUT2D eigenvalue weighted by molar-refractivity contribution is 0.416. The van der Waals surface area contributed by atoms with E-state index in [4.69, 9.17) is 10.5 Å². The topological polar surface area (TPSA) is 66.0 Å². The molecule has 0 aliphatic rings. The van der Waals surface area contributed by atoms with Gasteiger partial charge in [-0.25, -0.2) is 0 Å². The van der Waals surface area contributed by atoms with E-state index >= 15 is 0 Å². The highest BCUT2D eigenvalue weighted by Gasteiger charge is 2.10. The third-order valence-electron chi connectivity index (χ3n) is 2.18. The number of nitrogens with two attached hydrogens (primary N) is 1. The third kappa shape index (κ3) is 1.63. The number of aromatic nitrogens is 3. The summed E-state index contributed by atoms with van der Waals surface area (Å²) >= 11 is 0. The number of hydrogen-bond acceptors (Lipinski definition) is 4. The van der Waals surface area contributed by atoms with E-state index in [-0.39, 0.29) is 0 Å². The number of anilines is 1. The molecule has 0 bridgehead atoms. The minimum absolute atomic E-state index is 0.675. The monoisotopic (exact) mass is 204 g/mol. The third-order valence-corrected chi connectivity index (χ3v) is 2.18. The molecule has 5 heteroatoms. The molecule has 2 aromatic rings. The number of hydrogen-bond donors (Lipinski definition) is 1. The van der Waals surface area contributed by atoms with Crippen LogP contribution in [0.1, 0.15) is 0 Å². The van der Waals surface area contributed by atoms with Crippen molar-refractivity contribution in [1.82, 2.24) is 14.8 Å². The fourth-order valence-electron chi connectivity index (χ4n) is 1.43. The van der Waals surface area contributed by atoms with Gasteiger partial charge in [-0.05, 0) is 18.2 Å². The number of ether oxygens (including phenoxy) is 1. The van der Waals surface area contributed by atoms with E-state index in [2.05, 4.69) is 10.2 Å².